The van der Waals surface area contributed by atoms with Gasteiger partial charge in [-0.25, -0.2) is 0 Å². The third kappa shape index (κ3) is 3.58. The van der Waals surface area contributed by atoms with Gasteiger partial charge in [-0.05, 0) is 0 Å². The van der Waals surface area contributed by atoms with Crippen molar-refractivity contribution in [1.29, 1.82) is 10.5 Å². The average molecular weight is 475 g/mol. The number of ketones is 2. The van der Waals surface area contributed by atoms with E-state index in [1.807, 2.05) is 72.8 Å². The van der Waals surface area contributed by atoms with Gasteiger partial charge in [0.2, 0.25) is 17.8 Å². The van der Waals surface area contributed by atoms with E-state index in [-0.39, 0.29) is 28.5 Å². The lowest BCUT2D eigenvalue weighted by molar-refractivity contribution is -0.676. The Morgan fingerprint density at radius 3 is 2.14 bits per heavy atom. The first-order valence-electron chi connectivity index (χ1n) is 11.0. The average Bonchev–Trinajstić information content (AvgIpc) is 3.49. The molecule has 8 nitrogen and oxygen atoms in total. The molecule has 1 saturated carbocycles. The number of Topliss-reactive ketones (excluding diaryl/α,β-unsaturated/α-hetero) is 2. The Labute approximate surface area is 206 Å². The molecule has 2 aliphatic rings. The van der Waals surface area contributed by atoms with Crippen LogP contribution in [-0.2, 0) is 21.4 Å². The highest BCUT2D eigenvalue weighted by molar-refractivity contribution is 6.44. The zero-order chi connectivity index (χ0) is 25.4. The van der Waals surface area contributed by atoms with Gasteiger partial charge in [0, 0.05) is 18.2 Å². The second kappa shape index (κ2) is 8.86. The van der Waals surface area contributed by atoms with Crippen LogP contribution in [0.1, 0.15) is 11.5 Å². The molecule has 0 amide bonds. The molecule has 1 aromatic heterocycles. The lowest BCUT2D eigenvalue weighted by Crippen LogP contribution is -2.44. The minimum atomic E-state index is -1.34. The molecule has 5 rings (SSSR count). The van der Waals surface area contributed by atoms with Crippen LogP contribution in [0.5, 0.6) is 0 Å². The molecule has 36 heavy (non-hydrogen) atoms. The maximum Gasteiger partial charge on any atom is 0.392 e. The predicted molar refractivity (Wildman–Crippen MR) is 127 cm³/mol. The molecule has 174 valence electrons. The topological polar surface area (TPSA) is 111 Å². The molecule has 0 radical (unpaired) electrons. The van der Waals surface area contributed by atoms with Crippen LogP contribution < -0.4 is 4.57 Å². The number of ether oxygens (including phenoxy) is 1. The maximum absolute atomic E-state index is 13.2. The van der Waals surface area contributed by atoms with Crippen molar-refractivity contribution in [2.45, 2.75) is 0 Å². The highest BCUT2D eigenvalue weighted by Crippen LogP contribution is 2.40. The molecule has 0 bridgehead atoms. The summed E-state index contributed by atoms with van der Waals surface area (Å²) in [5.74, 6) is -1.42. The van der Waals surface area contributed by atoms with Crippen LogP contribution in [0.15, 0.2) is 94.5 Å². The minimum absolute atomic E-state index is 0.0833. The van der Waals surface area contributed by atoms with Crippen LogP contribution in [0, 0.1) is 28.6 Å². The second-order valence-corrected chi connectivity index (χ2v) is 8.30. The van der Waals surface area contributed by atoms with E-state index < -0.39 is 17.5 Å². The molecular weight excluding hydrogens is 456 g/mol. The number of nitriles is 2. The summed E-state index contributed by atoms with van der Waals surface area (Å²) < 4.78 is 13.3. The van der Waals surface area contributed by atoms with Crippen molar-refractivity contribution in [3.8, 4) is 23.5 Å². The van der Waals surface area contributed by atoms with E-state index >= 15 is 0 Å². The Bertz CT molecular complexity index is 1560. The Hall–Kier alpha value is -5.21. The number of hydrogen-bond acceptors (Lipinski definition) is 7. The summed E-state index contributed by atoms with van der Waals surface area (Å²) in [7, 11) is 3.33. The van der Waals surface area contributed by atoms with Crippen molar-refractivity contribution < 1.29 is 23.3 Å². The van der Waals surface area contributed by atoms with Crippen molar-refractivity contribution in [3.63, 3.8) is 0 Å². The molecule has 3 aromatic rings. The molecule has 1 aliphatic heterocycles. The van der Waals surface area contributed by atoms with Gasteiger partial charge in [-0.2, -0.15) is 15.1 Å². The second-order valence-electron chi connectivity index (χ2n) is 8.30. The van der Waals surface area contributed by atoms with E-state index in [4.69, 9.17) is 9.15 Å². The number of nitrogens with zero attached hydrogens (tertiary/aromatic N) is 4. The summed E-state index contributed by atoms with van der Waals surface area (Å²) in [6, 6.07) is 22.4. The van der Waals surface area contributed by atoms with E-state index in [9.17, 15) is 20.1 Å². The first-order chi connectivity index (χ1) is 17.4. The molecule has 8 heteroatoms. The Morgan fingerprint density at radius 1 is 0.944 bits per heavy atom. The third-order valence-corrected chi connectivity index (χ3v) is 6.02. The van der Waals surface area contributed by atoms with Crippen molar-refractivity contribution in [3.05, 3.63) is 102 Å². The fraction of sp³-hybridized carbons (Fsp3) is 0.107. The van der Waals surface area contributed by atoms with Crippen molar-refractivity contribution in [2.24, 2.45) is 13.0 Å². The lowest BCUT2D eigenvalue weighted by atomic mass is 9.71. The van der Waals surface area contributed by atoms with Crippen molar-refractivity contribution >= 4 is 22.9 Å². The summed E-state index contributed by atoms with van der Waals surface area (Å²) in [6.45, 7) is 0. The fourth-order valence-electron chi connectivity index (χ4n) is 4.22. The first kappa shape index (κ1) is 22.6. The molecule has 1 aliphatic carbocycles. The standard InChI is InChI=1S/C28H19N4O4/c1-31-15-21(17-9-5-3-6-10-17)35-27(31)19(13-29)23-25(33)24(26(23)34)20(14-30)28-32(2)16-22(36-28)18-11-7-4-8-12-18/h3-12,15-16,23H,1-2H3/q+1/b24-20?,27-19+. The zero-order valence-electron chi connectivity index (χ0n) is 19.4. The maximum atomic E-state index is 13.2. The van der Waals surface area contributed by atoms with Crippen LogP contribution >= 0.6 is 0 Å². The van der Waals surface area contributed by atoms with Gasteiger partial charge in [0.05, 0.1) is 11.8 Å². The number of aryl methyl sites for hydroxylation is 1. The fourth-order valence-corrected chi connectivity index (χ4v) is 4.22. The predicted octanol–water partition coefficient (Wildman–Crippen LogP) is 3.51. The van der Waals surface area contributed by atoms with E-state index in [0.29, 0.717) is 11.5 Å². The molecule has 0 saturated heterocycles. The number of oxazole rings is 1. The quantitative estimate of drug-likeness (QED) is 0.187. The van der Waals surface area contributed by atoms with E-state index in [0.717, 1.165) is 11.1 Å². The largest absolute Gasteiger partial charge is 0.438 e. The molecule has 2 heterocycles. The summed E-state index contributed by atoms with van der Waals surface area (Å²) in [5.41, 5.74) is 1.01. The smallest absolute Gasteiger partial charge is 0.392 e. The van der Waals surface area contributed by atoms with Crippen molar-refractivity contribution in [2.75, 3.05) is 7.05 Å². The molecule has 0 atom stereocenters. The summed E-state index contributed by atoms with van der Waals surface area (Å²) in [6.07, 6.45) is 3.36. The monoisotopic (exact) mass is 475 g/mol. The number of carbonyl (C=O) groups is 2. The van der Waals surface area contributed by atoms with Gasteiger partial charge >= 0.3 is 5.89 Å². The number of carbonyl (C=O) groups excluding carboxylic acids is 2. The van der Waals surface area contributed by atoms with Crippen LogP contribution in [0.3, 0.4) is 0 Å². The highest BCUT2D eigenvalue weighted by atomic mass is 16.5. The SMILES string of the molecule is CN1C=C(c2ccccc2)O/C1=C(\C#N)C1C(=O)C(=C(C#N)c2oc(-c3ccccc3)c[n+]2C)C1=O. The molecule has 2 aromatic carbocycles. The molecule has 0 unspecified atom stereocenters. The zero-order valence-corrected chi connectivity index (χ0v) is 19.4. The molecule has 0 spiro atoms. The first-order valence-corrected chi connectivity index (χ1v) is 11.0. The van der Waals surface area contributed by atoms with Crippen LogP contribution in [0.4, 0.5) is 0 Å². The van der Waals surface area contributed by atoms with Gasteiger partial charge in [-0.1, -0.05) is 60.7 Å². The van der Waals surface area contributed by atoms with Crippen molar-refractivity contribution in [1.82, 2.24) is 4.90 Å². The number of rotatable bonds is 4. The van der Waals surface area contributed by atoms with E-state index in [1.54, 1.807) is 36.0 Å². The van der Waals surface area contributed by atoms with Crippen LogP contribution in [0.2, 0.25) is 0 Å². The Balaban J connectivity index is 1.49. The van der Waals surface area contributed by atoms with Crippen LogP contribution in [-0.4, -0.2) is 23.5 Å². The Kier molecular flexibility index (Phi) is 5.56. The summed E-state index contributed by atoms with van der Waals surface area (Å²) in [4.78, 5) is 27.9. The summed E-state index contributed by atoms with van der Waals surface area (Å²) >= 11 is 0. The number of hydrogen-bond donors (Lipinski definition) is 0. The number of benzene rings is 2. The normalized spacial score (nSPS) is 18.1. The third-order valence-electron chi connectivity index (χ3n) is 6.02. The molecule has 1 fully saturated rings. The number of allylic oxidation sites excluding steroid dienone is 3. The highest BCUT2D eigenvalue weighted by Gasteiger charge is 2.52. The van der Waals surface area contributed by atoms with E-state index in [2.05, 4.69) is 0 Å². The van der Waals surface area contributed by atoms with Gasteiger partial charge < -0.3 is 14.1 Å². The summed E-state index contributed by atoms with van der Waals surface area (Å²) in [5, 5.41) is 19.7. The number of aromatic nitrogens is 1. The Morgan fingerprint density at radius 2 is 1.56 bits per heavy atom. The van der Waals surface area contributed by atoms with Gasteiger partial charge in [0.25, 0.3) is 0 Å². The minimum Gasteiger partial charge on any atom is -0.438 e. The van der Waals surface area contributed by atoms with Gasteiger partial charge in [0.1, 0.15) is 30.7 Å². The lowest BCUT2D eigenvalue weighted by Gasteiger charge is -2.26. The van der Waals surface area contributed by atoms with Gasteiger partial charge in [-0.15, -0.1) is 0 Å². The van der Waals surface area contributed by atoms with Crippen LogP contribution in [0.25, 0.3) is 22.7 Å². The van der Waals surface area contributed by atoms with E-state index in [1.165, 1.54) is 0 Å². The van der Waals surface area contributed by atoms with Gasteiger partial charge in [-0.3, -0.25) is 9.59 Å². The molecular formula is C28H19N4O4+. The molecule has 0 N–H and O–H groups in total. The van der Waals surface area contributed by atoms with Gasteiger partial charge in [0.15, 0.2) is 22.9 Å².